The third kappa shape index (κ3) is 5.61. The summed E-state index contributed by atoms with van der Waals surface area (Å²) in [5, 5.41) is 29.4. The number of aliphatic hydroxyl groups is 1. The third-order valence-corrected chi connectivity index (χ3v) is 6.31. The summed E-state index contributed by atoms with van der Waals surface area (Å²) >= 11 is 0. The largest absolute Gasteiger partial charge is 0.493 e. The van der Waals surface area contributed by atoms with Gasteiger partial charge in [0.15, 0.2) is 17.3 Å². The van der Waals surface area contributed by atoms with Crippen LogP contribution in [-0.2, 0) is 9.59 Å². The van der Waals surface area contributed by atoms with Gasteiger partial charge in [-0.15, -0.1) is 0 Å². The van der Waals surface area contributed by atoms with Gasteiger partial charge in [-0.3, -0.25) is 4.99 Å². The second-order valence-electron chi connectivity index (χ2n) is 8.61. The summed E-state index contributed by atoms with van der Waals surface area (Å²) in [6.07, 6.45) is 7.51. The molecule has 0 radical (unpaired) electrons. The molecule has 0 amide bonds. The van der Waals surface area contributed by atoms with Gasteiger partial charge in [0.25, 0.3) is 0 Å². The lowest BCUT2D eigenvalue weighted by Crippen LogP contribution is -2.34. The monoisotopic (exact) mass is 508 g/mol. The Labute approximate surface area is 213 Å². The fourth-order valence-corrected chi connectivity index (χ4v) is 4.67. The summed E-state index contributed by atoms with van der Waals surface area (Å²) < 4.78 is 13.2. The lowest BCUT2D eigenvalue weighted by Gasteiger charge is -2.37. The molecule has 3 heterocycles. The average molecular weight is 509 g/mol. The van der Waals surface area contributed by atoms with Gasteiger partial charge in [-0.05, 0) is 62.1 Å². The fraction of sp³-hybridized carbons (Fsp3) is 0.346. The highest BCUT2D eigenvalue weighted by Gasteiger charge is 2.37. The van der Waals surface area contributed by atoms with E-state index >= 15 is 0 Å². The molecule has 11 nitrogen and oxygen atoms in total. The minimum absolute atomic E-state index is 0.138. The highest BCUT2D eigenvalue weighted by atomic mass is 16.5. The highest BCUT2D eigenvalue weighted by Crippen LogP contribution is 2.44. The zero-order valence-electron chi connectivity index (χ0n) is 20.4. The zero-order valence-corrected chi connectivity index (χ0v) is 20.4. The molecule has 1 aromatic carbocycles. The van der Waals surface area contributed by atoms with Crippen molar-refractivity contribution in [2.45, 2.75) is 44.2 Å². The number of nitrogens with zero attached hydrogens (tertiary/aromatic N) is 4. The Morgan fingerprint density at radius 1 is 1.14 bits per heavy atom. The van der Waals surface area contributed by atoms with Gasteiger partial charge in [0, 0.05) is 35.6 Å². The van der Waals surface area contributed by atoms with Crippen LogP contribution in [0.5, 0.6) is 11.5 Å². The fourth-order valence-electron chi connectivity index (χ4n) is 4.67. The normalized spacial score (nSPS) is 19.9. The Morgan fingerprint density at radius 3 is 2.51 bits per heavy atom. The van der Waals surface area contributed by atoms with Gasteiger partial charge < -0.3 is 24.8 Å². The zero-order chi connectivity index (χ0) is 26.5. The topological polar surface area (TPSA) is 156 Å². The minimum Gasteiger partial charge on any atom is -0.493 e. The molecule has 2 aromatic heterocycles. The first-order valence-electron chi connectivity index (χ1n) is 11.9. The number of ether oxygens (including phenoxy) is 2. The van der Waals surface area contributed by atoms with Crippen LogP contribution < -0.4 is 9.47 Å². The van der Waals surface area contributed by atoms with Crippen LogP contribution in [0.1, 0.15) is 48.8 Å². The summed E-state index contributed by atoms with van der Waals surface area (Å²) in [5.41, 5.74) is 4.04. The highest BCUT2D eigenvalue weighted by molar-refractivity contribution is 6.27. The number of hydrogen-bond donors (Lipinski definition) is 3. The summed E-state index contributed by atoms with van der Waals surface area (Å²) in [7, 11) is 1.65. The van der Waals surface area contributed by atoms with Crippen LogP contribution in [0, 0.1) is 0 Å². The number of methoxy groups -OCH3 is 1. The van der Waals surface area contributed by atoms with Crippen molar-refractivity contribution in [1.82, 2.24) is 14.8 Å². The van der Waals surface area contributed by atoms with E-state index in [1.807, 2.05) is 43.6 Å². The third-order valence-electron chi connectivity index (χ3n) is 6.31. The average Bonchev–Trinajstić information content (AvgIpc) is 3.44. The predicted molar refractivity (Wildman–Crippen MR) is 133 cm³/mol. The van der Waals surface area contributed by atoms with E-state index in [2.05, 4.69) is 16.1 Å². The molecule has 0 spiro atoms. The lowest BCUT2D eigenvalue weighted by molar-refractivity contribution is -0.159. The number of carboxylic acid groups (broad SMARTS) is 2. The number of benzene rings is 1. The molecule has 11 heteroatoms. The number of aliphatic carboxylic acids is 2. The lowest BCUT2D eigenvalue weighted by atomic mass is 9.74. The molecule has 1 saturated carbocycles. The van der Waals surface area contributed by atoms with E-state index in [-0.39, 0.29) is 18.1 Å². The molecule has 3 aromatic rings. The van der Waals surface area contributed by atoms with Crippen molar-refractivity contribution in [1.29, 1.82) is 0 Å². The number of aromatic nitrogens is 3. The molecule has 194 valence electrons. The molecular formula is C26H28N4O7. The molecule has 2 aliphatic rings. The summed E-state index contributed by atoms with van der Waals surface area (Å²) in [4.78, 5) is 27.9. The molecular weight excluding hydrogens is 480 g/mol. The van der Waals surface area contributed by atoms with Crippen LogP contribution in [0.25, 0.3) is 5.82 Å². The summed E-state index contributed by atoms with van der Waals surface area (Å²) in [6.45, 7) is 2.53. The Morgan fingerprint density at radius 2 is 1.92 bits per heavy atom. The maximum absolute atomic E-state index is 10.3. The first-order chi connectivity index (χ1) is 17.8. The van der Waals surface area contributed by atoms with E-state index in [1.54, 1.807) is 18.0 Å². The number of carbonyl (C=O) groups is 2. The van der Waals surface area contributed by atoms with Gasteiger partial charge in [-0.25, -0.2) is 19.3 Å². The Balaban J connectivity index is 0.000000480. The van der Waals surface area contributed by atoms with Crippen molar-refractivity contribution < 1.29 is 34.4 Å². The maximum atomic E-state index is 10.3. The molecule has 0 saturated heterocycles. The van der Waals surface area contributed by atoms with E-state index in [1.165, 1.54) is 0 Å². The smallest absolute Gasteiger partial charge is 0.414 e. The number of fused-ring (bicyclic) bond motifs is 3. The van der Waals surface area contributed by atoms with Gasteiger partial charge in [-0.2, -0.15) is 5.10 Å². The van der Waals surface area contributed by atoms with E-state index in [9.17, 15) is 5.11 Å². The standard InChI is InChI=1S/C24H26N4O3.C2H2O4/c1-3-31-22-12-17-18-11-16(29)6-7-20(18)27-24(19(17)13-21(22)30-2)15-5-8-23(25-14-15)28-10-4-9-26-28;3-1(4)2(5)6/h4-5,8-10,12-14,16,18,20,29H,3,6-7,11H2,1-2H3;(H,3,4)(H,5,6)/t16-,18-,20-;/m1./s1. The quantitative estimate of drug-likeness (QED) is 0.441. The summed E-state index contributed by atoms with van der Waals surface area (Å²) in [6, 6.07) is 10.1. The number of aliphatic hydroxyl groups excluding tert-OH is 1. The second kappa shape index (κ2) is 11.2. The van der Waals surface area contributed by atoms with E-state index in [0.717, 1.165) is 46.8 Å². The van der Waals surface area contributed by atoms with Crippen molar-refractivity contribution in [2.75, 3.05) is 13.7 Å². The van der Waals surface area contributed by atoms with Gasteiger partial charge >= 0.3 is 11.9 Å². The number of hydrogen-bond acceptors (Lipinski definition) is 8. The Kier molecular flexibility index (Phi) is 7.83. The number of aliphatic imine (C=N–C) groups is 1. The number of rotatable bonds is 5. The molecule has 5 rings (SSSR count). The van der Waals surface area contributed by atoms with Crippen molar-refractivity contribution in [2.24, 2.45) is 4.99 Å². The molecule has 0 bridgehead atoms. The van der Waals surface area contributed by atoms with Crippen LogP contribution in [-0.4, -0.2) is 73.6 Å². The maximum Gasteiger partial charge on any atom is 0.414 e. The van der Waals surface area contributed by atoms with Gasteiger partial charge in [0.1, 0.15) is 0 Å². The molecule has 1 aliphatic carbocycles. The molecule has 1 fully saturated rings. The molecule has 1 aliphatic heterocycles. The second-order valence-corrected chi connectivity index (χ2v) is 8.61. The van der Waals surface area contributed by atoms with Crippen LogP contribution in [0.4, 0.5) is 0 Å². The summed E-state index contributed by atoms with van der Waals surface area (Å²) in [5.74, 6) is -1.30. The minimum atomic E-state index is -1.82. The van der Waals surface area contributed by atoms with Gasteiger partial charge in [-0.1, -0.05) is 0 Å². The first-order valence-corrected chi connectivity index (χ1v) is 11.9. The van der Waals surface area contributed by atoms with E-state index in [0.29, 0.717) is 18.8 Å². The number of pyridine rings is 1. The van der Waals surface area contributed by atoms with Crippen LogP contribution in [0.15, 0.2) is 53.9 Å². The van der Waals surface area contributed by atoms with Crippen LogP contribution >= 0.6 is 0 Å². The van der Waals surface area contributed by atoms with Crippen molar-refractivity contribution >= 4 is 17.7 Å². The SMILES string of the molecule is CCOc1cc2c(cc1OC)C(c1ccc(-n3cccn3)nc1)=N[C@@H]1CC[C@@H](O)C[C@H]21.O=C(O)C(=O)O. The molecule has 37 heavy (non-hydrogen) atoms. The number of carboxylic acids is 2. The Hall–Kier alpha value is -4.25. The van der Waals surface area contributed by atoms with Crippen molar-refractivity contribution in [3.8, 4) is 17.3 Å². The first kappa shape index (κ1) is 25.8. The molecule has 0 unspecified atom stereocenters. The molecule has 3 N–H and O–H groups in total. The van der Waals surface area contributed by atoms with Gasteiger partial charge in [0.2, 0.25) is 0 Å². The van der Waals surface area contributed by atoms with E-state index < -0.39 is 11.9 Å². The van der Waals surface area contributed by atoms with Crippen molar-refractivity contribution in [3.63, 3.8) is 0 Å². The molecule has 3 atom stereocenters. The Bertz CT molecular complexity index is 1280. The van der Waals surface area contributed by atoms with Gasteiger partial charge in [0.05, 0.1) is 31.6 Å². The van der Waals surface area contributed by atoms with Crippen LogP contribution in [0.3, 0.4) is 0 Å². The predicted octanol–water partition coefficient (Wildman–Crippen LogP) is 2.68. The van der Waals surface area contributed by atoms with Crippen LogP contribution in [0.2, 0.25) is 0 Å². The van der Waals surface area contributed by atoms with Crippen molar-refractivity contribution in [3.05, 3.63) is 65.6 Å². The van der Waals surface area contributed by atoms with E-state index in [4.69, 9.17) is 34.3 Å².